The number of nitrogens with two attached hydrogens (primary N) is 1. The Morgan fingerprint density at radius 1 is 1.05 bits per heavy atom. The fourth-order valence-corrected chi connectivity index (χ4v) is 1.93. The molecule has 1 aromatic rings. The second kappa shape index (κ2) is 5.50. The van der Waals surface area contributed by atoms with Gasteiger partial charge in [-0.05, 0) is 50.0 Å². The van der Waals surface area contributed by atoms with Gasteiger partial charge in [-0.1, -0.05) is 5.92 Å². The first-order valence-electron chi connectivity index (χ1n) is 5.78. The highest BCUT2D eigenvalue weighted by Gasteiger charge is 2.14. The molecule has 3 nitrogen and oxygen atoms in total. The van der Waals surface area contributed by atoms with Crippen molar-refractivity contribution in [2.75, 3.05) is 24.5 Å². The zero-order chi connectivity index (χ0) is 14.8. The zero-order valence-corrected chi connectivity index (χ0v) is 12.8. The average Bonchev–Trinajstić information content (AvgIpc) is 2.25. The fraction of sp³-hybridized carbons (Fsp3) is 0.333. The molecular weight excluding hydrogens is 258 g/mol. The molecule has 0 unspecified atom stereocenters. The number of rotatable bonds is 2. The molecule has 0 heterocycles. The van der Waals surface area contributed by atoms with Crippen LogP contribution in [0.5, 0.6) is 0 Å². The highest BCUT2D eigenvalue weighted by Crippen LogP contribution is 2.32. The smallest absolute Gasteiger partial charge is 0.160 e. The van der Waals surface area contributed by atoms with Gasteiger partial charge in [-0.2, -0.15) is 10.0 Å². The number of carbonyl (C=O) groups excluding carboxylic acids is 2. The molecule has 102 valence electrons. The van der Waals surface area contributed by atoms with E-state index in [-0.39, 0.29) is 11.6 Å². The van der Waals surface area contributed by atoms with Crippen molar-refractivity contribution in [3.63, 3.8) is 0 Å². The first-order valence-corrected chi connectivity index (χ1v) is 8.64. The maximum atomic E-state index is 11.6. The number of carbonyl (C=O) groups is 2. The maximum absolute atomic E-state index is 11.6. The Balaban J connectivity index is 3.44. The van der Waals surface area contributed by atoms with Gasteiger partial charge in [0.25, 0.3) is 0 Å². The number of hydrogen-bond donors (Lipinski definition) is 1. The van der Waals surface area contributed by atoms with Gasteiger partial charge in [0, 0.05) is 22.4 Å². The molecule has 0 amide bonds. The molecule has 0 aliphatic rings. The van der Waals surface area contributed by atoms with Crippen LogP contribution in [0.15, 0.2) is 12.1 Å². The van der Waals surface area contributed by atoms with Crippen molar-refractivity contribution in [2.24, 2.45) is 0 Å². The summed E-state index contributed by atoms with van der Waals surface area (Å²) in [4.78, 5) is 23.1. The minimum absolute atomic E-state index is 0.156. The third-order valence-electron chi connectivity index (χ3n) is 2.44. The molecule has 0 saturated carbocycles. The summed E-state index contributed by atoms with van der Waals surface area (Å²) in [6, 6.07) is 3.16. The molecule has 1 aromatic carbocycles. The van der Waals surface area contributed by atoms with Crippen molar-refractivity contribution >= 4 is 27.3 Å². The van der Waals surface area contributed by atoms with Gasteiger partial charge in [0.2, 0.25) is 0 Å². The van der Waals surface area contributed by atoms with Crippen molar-refractivity contribution < 1.29 is 9.59 Å². The van der Waals surface area contributed by atoms with Crippen molar-refractivity contribution in [3.05, 3.63) is 28.8 Å². The predicted molar refractivity (Wildman–Crippen MR) is 83.1 cm³/mol. The first-order chi connectivity index (χ1) is 8.61. The van der Waals surface area contributed by atoms with E-state index in [1.807, 2.05) is 0 Å². The minimum Gasteiger partial charge on any atom is -0.398 e. The van der Waals surface area contributed by atoms with Crippen LogP contribution >= 0.6 is 10.0 Å². The third-order valence-corrected chi connectivity index (χ3v) is 3.15. The van der Waals surface area contributed by atoms with Crippen molar-refractivity contribution in [3.8, 4) is 11.2 Å². The van der Waals surface area contributed by atoms with Crippen LogP contribution in [0.2, 0.25) is 0 Å². The molecule has 0 aliphatic carbocycles. The van der Waals surface area contributed by atoms with Crippen LogP contribution in [-0.2, 0) is 0 Å². The molecular formula is C15H19NO2S. The lowest BCUT2D eigenvalue weighted by molar-refractivity contribution is 0.0981. The monoisotopic (exact) mass is 277 g/mol. The molecule has 0 aromatic heterocycles. The van der Waals surface area contributed by atoms with Gasteiger partial charge in [-0.25, -0.2) is 0 Å². The summed E-state index contributed by atoms with van der Waals surface area (Å²) in [5.41, 5.74) is 7.69. The van der Waals surface area contributed by atoms with Gasteiger partial charge < -0.3 is 5.73 Å². The second-order valence-corrected chi connectivity index (χ2v) is 9.04. The summed E-state index contributed by atoms with van der Waals surface area (Å²) >= 11 is 0. The minimum atomic E-state index is -0.967. The van der Waals surface area contributed by atoms with E-state index in [4.69, 9.17) is 5.73 Å². The second-order valence-electron chi connectivity index (χ2n) is 5.16. The molecule has 0 atom stereocenters. The number of anilines is 1. The van der Waals surface area contributed by atoms with Crippen LogP contribution in [0.25, 0.3) is 0 Å². The number of ketones is 2. The highest BCUT2D eigenvalue weighted by molar-refractivity contribution is 8.35. The summed E-state index contributed by atoms with van der Waals surface area (Å²) in [6.07, 6.45) is 6.23. The summed E-state index contributed by atoms with van der Waals surface area (Å²) in [5, 5.41) is 3.15. The van der Waals surface area contributed by atoms with Gasteiger partial charge in [0.05, 0.1) is 0 Å². The Bertz CT molecular complexity index is 601. The van der Waals surface area contributed by atoms with Crippen molar-refractivity contribution in [2.45, 2.75) is 13.8 Å². The average molecular weight is 277 g/mol. The Morgan fingerprint density at radius 3 is 1.95 bits per heavy atom. The number of benzene rings is 1. The molecule has 1 rings (SSSR count). The number of Topliss-reactive ketones (excluding diaryl/α,β-unsaturated/α-hetero) is 2. The van der Waals surface area contributed by atoms with Crippen LogP contribution in [0.3, 0.4) is 0 Å². The Morgan fingerprint density at radius 2 is 1.53 bits per heavy atom. The maximum Gasteiger partial charge on any atom is 0.160 e. The highest BCUT2D eigenvalue weighted by atomic mass is 32.3. The van der Waals surface area contributed by atoms with E-state index in [1.165, 1.54) is 13.8 Å². The van der Waals surface area contributed by atoms with Gasteiger partial charge in [-0.15, -0.1) is 0 Å². The van der Waals surface area contributed by atoms with E-state index in [0.717, 1.165) is 0 Å². The molecule has 0 spiro atoms. The van der Waals surface area contributed by atoms with Gasteiger partial charge >= 0.3 is 0 Å². The predicted octanol–water partition coefficient (Wildman–Crippen LogP) is 2.68. The van der Waals surface area contributed by atoms with Gasteiger partial charge in [0.1, 0.15) is 0 Å². The van der Waals surface area contributed by atoms with Gasteiger partial charge in [-0.3, -0.25) is 9.59 Å². The van der Waals surface area contributed by atoms with Crippen LogP contribution in [0, 0.1) is 11.2 Å². The summed E-state index contributed by atoms with van der Waals surface area (Å²) in [5.74, 6) is 2.69. The molecule has 19 heavy (non-hydrogen) atoms. The summed E-state index contributed by atoms with van der Waals surface area (Å²) < 4.78 is 0. The van der Waals surface area contributed by atoms with Gasteiger partial charge in [0.15, 0.2) is 11.6 Å². The molecule has 0 aliphatic heterocycles. The summed E-state index contributed by atoms with van der Waals surface area (Å²) in [7, 11) is -0.967. The number of hydrogen-bond acceptors (Lipinski definition) is 3. The first kappa shape index (κ1) is 15.3. The lowest BCUT2D eigenvalue weighted by Gasteiger charge is -2.15. The Labute approximate surface area is 115 Å². The van der Waals surface area contributed by atoms with Crippen molar-refractivity contribution in [1.82, 2.24) is 0 Å². The lowest BCUT2D eigenvalue weighted by atomic mass is 9.97. The SMILES string of the molecule is CC(=O)c1cc(N)c(C#CS(C)(C)C)cc1C(C)=O. The molecule has 0 bridgehead atoms. The Kier molecular flexibility index (Phi) is 4.43. The largest absolute Gasteiger partial charge is 0.398 e. The summed E-state index contributed by atoms with van der Waals surface area (Å²) in [6.45, 7) is 2.86. The van der Waals surface area contributed by atoms with Crippen LogP contribution in [0.1, 0.15) is 40.1 Å². The standard InChI is InChI=1S/C15H19NO2S/c1-10(17)13-8-12(6-7-19(3,4)5)15(16)9-14(13)11(2)18/h8-9H,16H2,1-5H3. The molecule has 0 saturated heterocycles. The van der Waals surface area contributed by atoms with E-state index >= 15 is 0 Å². The Hall–Kier alpha value is -1.73. The van der Waals surface area contributed by atoms with E-state index in [0.29, 0.717) is 22.4 Å². The number of nitrogen functional groups attached to an aromatic ring is 1. The van der Waals surface area contributed by atoms with E-state index in [1.54, 1.807) is 12.1 Å². The molecule has 4 heteroatoms. The normalized spacial score (nSPS) is 11.4. The molecule has 2 N–H and O–H groups in total. The fourth-order valence-electron chi connectivity index (χ4n) is 1.52. The molecule has 0 radical (unpaired) electrons. The van der Waals surface area contributed by atoms with E-state index in [2.05, 4.69) is 29.9 Å². The third kappa shape index (κ3) is 4.15. The van der Waals surface area contributed by atoms with Crippen LogP contribution < -0.4 is 5.73 Å². The molecule has 0 fully saturated rings. The van der Waals surface area contributed by atoms with E-state index < -0.39 is 10.0 Å². The van der Waals surface area contributed by atoms with E-state index in [9.17, 15) is 9.59 Å². The lowest BCUT2D eigenvalue weighted by Crippen LogP contribution is -2.07. The van der Waals surface area contributed by atoms with Crippen LogP contribution in [-0.4, -0.2) is 30.3 Å². The van der Waals surface area contributed by atoms with Crippen LogP contribution in [0.4, 0.5) is 5.69 Å². The van der Waals surface area contributed by atoms with Crippen molar-refractivity contribution in [1.29, 1.82) is 0 Å². The quantitative estimate of drug-likeness (QED) is 0.513. The zero-order valence-electron chi connectivity index (χ0n) is 12.0. The topological polar surface area (TPSA) is 60.2 Å².